The summed E-state index contributed by atoms with van der Waals surface area (Å²) >= 11 is 6.46. The first kappa shape index (κ1) is 15.5. The zero-order chi connectivity index (χ0) is 15.4. The van der Waals surface area contributed by atoms with Gasteiger partial charge in [-0.25, -0.2) is 0 Å². The molecule has 2 amide bonds. The van der Waals surface area contributed by atoms with Crippen LogP contribution in [0.5, 0.6) is 0 Å². The highest BCUT2D eigenvalue weighted by atomic mass is 32.2. The van der Waals surface area contributed by atoms with Crippen LogP contribution in [0.3, 0.4) is 0 Å². The summed E-state index contributed by atoms with van der Waals surface area (Å²) in [5.74, 6) is -0.219. The van der Waals surface area contributed by atoms with Crippen LogP contribution in [0.15, 0.2) is 41.8 Å². The monoisotopic (exact) mass is 318 g/mol. The molecule has 2 rings (SSSR count). The summed E-state index contributed by atoms with van der Waals surface area (Å²) in [6, 6.07) is 7.26. The lowest BCUT2D eigenvalue weighted by molar-refractivity contribution is -0.121. The number of nitrogens with one attached hydrogen (secondary N) is 1. The maximum atomic E-state index is 12.2. The molecule has 0 unspecified atom stereocenters. The fourth-order valence-corrected chi connectivity index (χ4v) is 3.08. The van der Waals surface area contributed by atoms with Gasteiger partial charge in [-0.05, 0) is 23.8 Å². The average molecular weight is 318 g/mol. The Bertz CT molecular complexity index is 636. The molecular weight excluding hydrogens is 304 g/mol. The van der Waals surface area contributed by atoms with Crippen LogP contribution < -0.4 is 5.32 Å². The number of anilines is 1. The summed E-state index contributed by atoms with van der Waals surface area (Å²) in [4.78, 5) is 25.2. The van der Waals surface area contributed by atoms with E-state index in [9.17, 15) is 9.59 Å². The van der Waals surface area contributed by atoms with Gasteiger partial charge in [-0.2, -0.15) is 0 Å². The number of nitrogens with zero attached hydrogens (tertiary/aromatic N) is 1. The first-order valence-electron chi connectivity index (χ1n) is 6.25. The molecule has 0 atom stereocenters. The van der Waals surface area contributed by atoms with Gasteiger partial charge in [0.25, 0.3) is 5.91 Å². The zero-order valence-corrected chi connectivity index (χ0v) is 13.1. The van der Waals surface area contributed by atoms with Crippen molar-refractivity contribution in [1.82, 2.24) is 4.90 Å². The molecule has 1 heterocycles. The van der Waals surface area contributed by atoms with Crippen molar-refractivity contribution >= 4 is 51.9 Å². The van der Waals surface area contributed by atoms with Gasteiger partial charge in [0.05, 0.1) is 4.91 Å². The molecule has 108 valence electrons. The van der Waals surface area contributed by atoms with Crippen LogP contribution >= 0.6 is 24.0 Å². The van der Waals surface area contributed by atoms with E-state index in [-0.39, 0.29) is 11.8 Å². The van der Waals surface area contributed by atoms with Crippen LogP contribution in [0.4, 0.5) is 5.69 Å². The molecule has 1 N–H and O–H groups in total. The topological polar surface area (TPSA) is 49.4 Å². The van der Waals surface area contributed by atoms with E-state index in [0.29, 0.717) is 15.8 Å². The Hall–Kier alpha value is -1.92. The number of benzene rings is 1. The predicted molar refractivity (Wildman–Crippen MR) is 90.8 cm³/mol. The SMILES string of the molecule is C=CCN1C(=O)/C(=C\c2ccc(NC(C)=O)cc2)SC1=S. The van der Waals surface area contributed by atoms with Crippen molar-refractivity contribution in [2.45, 2.75) is 6.92 Å². The Morgan fingerprint density at radius 1 is 1.43 bits per heavy atom. The molecule has 1 aliphatic rings. The van der Waals surface area contributed by atoms with Gasteiger partial charge in [0.1, 0.15) is 4.32 Å². The van der Waals surface area contributed by atoms with Gasteiger partial charge in [0.15, 0.2) is 0 Å². The van der Waals surface area contributed by atoms with Gasteiger partial charge in [-0.3, -0.25) is 14.5 Å². The highest BCUT2D eigenvalue weighted by molar-refractivity contribution is 8.26. The number of amides is 2. The number of hydrogen-bond donors (Lipinski definition) is 1. The highest BCUT2D eigenvalue weighted by Gasteiger charge is 2.30. The summed E-state index contributed by atoms with van der Waals surface area (Å²) in [5.41, 5.74) is 1.60. The van der Waals surface area contributed by atoms with E-state index in [2.05, 4.69) is 11.9 Å². The molecule has 6 heteroatoms. The van der Waals surface area contributed by atoms with E-state index >= 15 is 0 Å². The summed E-state index contributed by atoms with van der Waals surface area (Å²) in [5, 5.41) is 2.69. The molecule has 4 nitrogen and oxygen atoms in total. The van der Waals surface area contributed by atoms with Gasteiger partial charge < -0.3 is 5.32 Å². The van der Waals surface area contributed by atoms with E-state index < -0.39 is 0 Å². The molecule has 1 fully saturated rings. The minimum Gasteiger partial charge on any atom is -0.326 e. The number of thiocarbonyl (C=S) groups is 1. The molecule has 0 aliphatic carbocycles. The molecule has 1 aromatic rings. The minimum atomic E-state index is -0.118. The summed E-state index contributed by atoms with van der Waals surface area (Å²) < 4.78 is 0.543. The molecule has 1 saturated heterocycles. The van der Waals surface area contributed by atoms with Crippen molar-refractivity contribution in [1.29, 1.82) is 0 Å². The number of carbonyl (C=O) groups excluding carboxylic acids is 2. The van der Waals surface area contributed by atoms with Gasteiger partial charge in [-0.15, -0.1) is 6.58 Å². The van der Waals surface area contributed by atoms with Gasteiger partial charge in [0, 0.05) is 19.2 Å². The predicted octanol–water partition coefficient (Wildman–Crippen LogP) is 3.03. The van der Waals surface area contributed by atoms with Crippen molar-refractivity contribution in [3.8, 4) is 0 Å². The van der Waals surface area contributed by atoms with Crippen molar-refractivity contribution in [2.75, 3.05) is 11.9 Å². The molecule has 0 spiro atoms. The molecule has 0 saturated carbocycles. The lowest BCUT2D eigenvalue weighted by Gasteiger charge is -2.10. The van der Waals surface area contributed by atoms with Crippen LogP contribution in [-0.4, -0.2) is 27.6 Å². The summed E-state index contributed by atoms with van der Waals surface area (Å²) in [6.45, 7) is 5.50. The van der Waals surface area contributed by atoms with Crippen LogP contribution in [0.2, 0.25) is 0 Å². The van der Waals surface area contributed by atoms with E-state index in [0.717, 1.165) is 11.3 Å². The number of carbonyl (C=O) groups is 2. The molecule has 1 aromatic carbocycles. The Kier molecular flexibility index (Phi) is 4.93. The molecule has 0 aromatic heterocycles. The Balaban J connectivity index is 2.16. The molecule has 0 radical (unpaired) electrons. The Morgan fingerprint density at radius 3 is 2.67 bits per heavy atom. The zero-order valence-electron chi connectivity index (χ0n) is 11.5. The second kappa shape index (κ2) is 6.69. The second-order valence-corrected chi connectivity index (χ2v) is 6.06. The van der Waals surface area contributed by atoms with Crippen molar-refractivity contribution < 1.29 is 9.59 Å². The van der Waals surface area contributed by atoms with Gasteiger partial charge in [0.2, 0.25) is 5.91 Å². The largest absolute Gasteiger partial charge is 0.326 e. The smallest absolute Gasteiger partial charge is 0.266 e. The summed E-state index contributed by atoms with van der Waals surface area (Å²) in [6.07, 6.45) is 3.44. The summed E-state index contributed by atoms with van der Waals surface area (Å²) in [7, 11) is 0. The standard InChI is InChI=1S/C15H14N2O2S2/c1-3-8-17-14(19)13(21-15(17)20)9-11-4-6-12(7-5-11)16-10(2)18/h3-7,9H,1,8H2,2H3,(H,16,18)/b13-9+. The lowest BCUT2D eigenvalue weighted by Crippen LogP contribution is -2.27. The van der Waals surface area contributed by atoms with E-state index in [1.165, 1.54) is 23.6 Å². The Labute approximate surface area is 132 Å². The van der Waals surface area contributed by atoms with Crippen molar-refractivity contribution in [3.05, 3.63) is 47.4 Å². The van der Waals surface area contributed by atoms with E-state index in [4.69, 9.17) is 12.2 Å². The van der Waals surface area contributed by atoms with Crippen molar-refractivity contribution in [3.63, 3.8) is 0 Å². The van der Waals surface area contributed by atoms with Gasteiger partial charge in [-0.1, -0.05) is 42.2 Å². The fraction of sp³-hybridized carbons (Fsp3) is 0.133. The Morgan fingerprint density at radius 2 is 2.10 bits per heavy atom. The van der Waals surface area contributed by atoms with E-state index in [1.807, 2.05) is 12.1 Å². The third-order valence-corrected chi connectivity index (χ3v) is 4.09. The van der Waals surface area contributed by atoms with Gasteiger partial charge >= 0.3 is 0 Å². The normalized spacial score (nSPS) is 16.4. The third kappa shape index (κ3) is 3.80. The fourth-order valence-electron chi connectivity index (χ4n) is 1.80. The lowest BCUT2D eigenvalue weighted by atomic mass is 10.2. The molecule has 21 heavy (non-hydrogen) atoms. The quantitative estimate of drug-likeness (QED) is 0.527. The number of hydrogen-bond acceptors (Lipinski definition) is 4. The maximum Gasteiger partial charge on any atom is 0.266 e. The highest BCUT2D eigenvalue weighted by Crippen LogP contribution is 2.32. The second-order valence-electron chi connectivity index (χ2n) is 4.38. The first-order valence-corrected chi connectivity index (χ1v) is 7.47. The first-order chi connectivity index (χ1) is 10.0. The van der Waals surface area contributed by atoms with Crippen molar-refractivity contribution in [2.24, 2.45) is 0 Å². The van der Waals surface area contributed by atoms with E-state index in [1.54, 1.807) is 24.3 Å². The van der Waals surface area contributed by atoms with Crippen LogP contribution in [0, 0.1) is 0 Å². The molecular formula is C15H14N2O2S2. The minimum absolute atomic E-state index is 0.101. The van der Waals surface area contributed by atoms with Crippen LogP contribution in [0.25, 0.3) is 6.08 Å². The number of rotatable bonds is 4. The molecule has 1 aliphatic heterocycles. The van der Waals surface area contributed by atoms with Crippen LogP contribution in [0.1, 0.15) is 12.5 Å². The van der Waals surface area contributed by atoms with Crippen LogP contribution in [-0.2, 0) is 9.59 Å². The molecule has 0 bridgehead atoms. The number of thioether (sulfide) groups is 1. The maximum absolute atomic E-state index is 12.2. The average Bonchev–Trinajstić information content (AvgIpc) is 2.69. The third-order valence-electron chi connectivity index (χ3n) is 2.71.